The molecule has 2 nitrogen and oxygen atoms in total. The second kappa shape index (κ2) is 2.71. The molecule has 2 aliphatic rings. The highest BCUT2D eigenvalue weighted by Crippen LogP contribution is 2.35. The Morgan fingerprint density at radius 1 is 1.29 bits per heavy atom. The van der Waals surface area contributed by atoms with Crippen molar-refractivity contribution in [3.8, 4) is 0 Å². The van der Waals surface area contributed by atoms with E-state index in [9.17, 15) is 4.79 Å². The predicted molar refractivity (Wildman–Crippen MR) is 54.2 cm³/mol. The van der Waals surface area contributed by atoms with Crippen LogP contribution in [0.25, 0.3) is 0 Å². The molecule has 0 spiro atoms. The second-order valence-corrected chi connectivity index (χ2v) is 3.86. The smallest absolute Gasteiger partial charge is 0.252 e. The zero-order chi connectivity index (χ0) is 9.54. The van der Waals surface area contributed by atoms with Gasteiger partial charge in [-0.3, -0.25) is 4.79 Å². The largest absolute Gasteiger partial charge is 0.345 e. The average Bonchev–Trinajstić information content (AvgIpc) is 2.66. The summed E-state index contributed by atoms with van der Waals surface area (Å²) in [4.78, 5) is 11.7. The van der Waals surface area contributed by atoms with Gasteiger partial charge in [-0.05, 0) is 18.1 Å². The lowest BCUT2D eigenvalue weighted by Crippen LogP contribution is -2.41. The summed E-state index contributed by atoms with van der Waals surface area (Å²) in [6.45, 7) is 0. The summed E-state index contributed by atoms with van der Waals surface area (Å²) >= 11 is 0. The predicted octanol–water partition coefficient (Wildman–Crippen LogP) is 1.84. The first-order chi connectivity index (χ1) is 6.86. The monoisotopic (exact) mass is 185 g/mol. The fourth-order valence-corrected chi connectivity index (χ4v) is 2.38. The third-order valence-corrected chi connectivity index (χ3v) is 3.07. The van der Waals surface area contributed by atoms with Gasteiger partial charge in [0.2, 0.25) is 0 Å². The number of allylic oxidation sites excluding steroid dienone is 1. The van der Waals surface area contributed by atoms with Crippen LogP contribution in [-0.4, -0.2) is 11.9 Å². The molecule has 1 aliphatic heterocycles. The van der Waals surface area contributed by atoms with E-state index in [0.717, 1.165) is 12.0 Å². The van der Waals surface area contributed by atoms with Crippen molar-refractivity contribution in [2.45, 2.75) is 18.4 Å². The SMILES string of the molecule is O=C1NC2C=CCC2c2ccccc21. The molecule has 1 aromatic carbocycles. The summed E-state index contributed by atoms with van der Waals surface area (Å²) in [6, 6.07) is 8.11. The molecule has 0 fully saturated rings. The van der Waals surface area contributed by atoms with Crippen LogP contribution in [0.4, 0.5) is 0 Å². The molecule has 0 bridgehead atoms. The maximum absolute atomic E-state index is 11.7. The topological polar surface area (TPSA) is 29.1 Å². The van der Waals surface area contributed by atoms with Crippen LogP contribution in [0, 0.1) is 0 Å². The summed E-state index contributed by atoms with van der Waals surface area (Å²) in [5, 5.41) is 3.01. The Hall–Kier alpha value is -1.57. The van der Waals surface area contributed by atoms with Crippen molar-refractivity contribution < 1.29 is 4.79 Å². The highest BCUT2D eigenvalue weighted by Gasteiger charge is 2.33. The van der Waals surface area contributed by atoms with Gasteiger partial charge in [-0.2, -0.15) is 0 Å². The van der Waals surface area contributed by atoms with E-state index in [0.29, 0.717) is 5.92 Å². The first-order valence-electron chi connectivity index (χ1n) is 4.93. The van der Waals surface area contributed by atoms with Gasteiger partial charge in [0.15, 0.2) is 0 Å². The van der Waals surface area contributed by atoms with E-state index >= 15 is 0 Å². The molecule has 1 aromatic rings. The molecule has 70 valence electrons. The lowest BCUT2D eigenvalue weighted by Gasteiger charge is -2.28. The van der Waals surface area contributed by atoms with Crippen molar-refractivity contribution >= 4 is 5.91 Å². The van der Waals surface area contributed by atoms with Gasteiger partial charge in [-0.1, -0.05) is 30.4 Å². The molecule has 2 heteroatoms. The van der Waals surface area contributed by atoms with Crippen molar-refractivity contribution in [1.82, 2.24) is 5.32 Å². The Kier molecular flexibility index (Phi) is 1.51. The van der Waals surface area contributed by atoms with Crippen LogP contribution in [0.3, 0.4) is 0 Å². The van der Waals surface area contributed by atoms with E-state index in [-0.39, 0.29) is 11.9 Å². The summed E-state index contributed by atoms with van der Waals surface area (Å²) in [6.07, 6.45) is 5.29. The van der Waals surface area contributed by atoms with Gasteiger partial charge < -0.3 is 5.32 Å². The van der Waals surface area contributed by atoms with Crippen LogP contribution in [0.1, 0.15) is 28.3 Å². The normalized spacial score (nSPS) is 28.1. The van der Waals surface area contributed by atoms with Gasteiger partial charge in [0, 0.05) is 11.5 Å². The Balaban J connectivity index is 2.16. The van der Waals surface area contributed by atoms with Crippen molar-refractivity contribution in [3.63, 3.8) is 0 Å². The van der Waals surface area contributed by atoms with Crippen LogP contribution >= 0.6 is 0 Å². The van der Waals surface area contributed by atoms with E-state index in [1.807, 2.05) is 18.2 Å². The molecule has 14 heavy (non-hydrogen) atoms. The number of carbonyl (C=O) groups excluding carboxylic acids is 1. The highest BCUT2D eigenvalue weighted by atomic mass is 16.1. The zero-order valence-electron chi connectivity index (χ0n) is 7.73. The first-order valence-corrected chi connectivity index (χ1v) is 4.93. The number of fused-ring (bicyclic) bond motifs is 3. The van der Waals surface area contributed by atoms with E-state index < -0.39 is 0 Å². The summed E-state index contributed by atoms with van der Waals surface area (Å²) in [7, 11) is 0. The van der Waals surface area contributed by atoms with Crippen molar-refractivity contribution in [2.75, 3.05) is 0 Å². The van der Waals surface area contributed by atoms with Crippen molar-refractivity contribution in [1.29, 1.82) is 0 Å². The van der Waals surface area contributed by atoms with Crippen LogP contribution in [-0.2, 0) is 0 Å². The molecule has 1 N–H and O–H groups in total. The number of nitrogens with one attached hydrogen (secondary N) is 1. The standard InChI is InChI=1S/C12H11NO/c14-12-10-5-2-1-4-8(10)9-6-3-7-11(9)13-12/h1-5,7,9,11H,6H2,(H,13,14). The molecule has 2 unspecified atom stereocenters. The maximum atomic E-state index is 11.7. The zero-order valence-corrected chi connectivity index (χ0v) is 7.73. The first kappa shape index (κ1) is 7.80. The molecule has 0 saturated carbocycles. The van der Waals surface area contributed by atoms with Crippen LogP contribution in [0.15, 0.2) is 36.4 Å². The second-order valence-electron chi connectivity index (χ2n) is 3.86. The summed E-state index contributed by atoms with van der Waals surface area (Å²) in [5.41, 5.74) is 2.05. The average molecular weight is 185 g/mol. The molecular formula is C12H11NO. The number of benzene rings is 1. The van der Waals surface area contributed by atoms with Gasteiger partial charge in [0.1, 0.15) is 0 Å². The molecule has 3 rings (SSSR count). The van der Waals surface area contributed by atoms with E-state index in [4.69, 9.17) is 0 Å². The molecule has 0 radical (unpaired) electrons. The Bertz CT molecular complexity index is 422. The van der Waals surface area contributed by atoms with Gasteiger partial charge >= 0.3 is 0 Å². The number of hydrogen-bond acceptors (Lipinski definition) is 1. The van der Waals surface area contributed by atoms with Gasteiger partial charge in [0.25, 0.3) is 5.91 Å². The molecule has 1 heterocycles. The van der Waals surface area contributed by atoms with Gasteiger partial charge in [0.05, 0.1) is 6.04 Å². The third kappa shape index (κ3) is 0.939. The minimum Gasteiger partial charge on any atom is -0.345 e. The Morgan fingerprint density at radius 2 is 2.14 bits per heavy atom. The lowest BCUT2D eigenvalue weighted by molar-refractivity contribution is 0.0928. The fourth-order valence-electron chi connectivity index (χ4n) is 2.38. The number of carbonyl (C=O) groups is 1. The van der Waals surface area contributed by atoms with Crippen molar-refractivity contribution in [2.24, 2.45) is 0 Å². The van der Waals surface area contributed by atoms with E-state index in [1.54, 1.807) is 0 Å². The number of hydrogen-bond donors (Lipinski definition) is 1. The lowest BCUT2D eigenvalue weighted by atomic mass is 9.86. The van der Waals surface area contributed by atoms with Gasteiger partial charge in [-0.25, -0.2) is 0 Å². The quantitative estimate of drug-likeness (QED) is 0.614. The fraction of sp³-hybridized carbons (Fsp3) is 0.250. The molecule has 1 amide bonds. The van der Waals surface area contributed by atoms with Crippen molar-refractivity contribution in [3.05, 3.63) is 47.5 Å². The Morgan fingerprint density at radius 3 is 3.07 bits per heavy atom. The highest BCUT2D eigenvalue weighted by molar-refractivity contribution is 5.97. The minimum absolute atomic E-state index is 0.0633. The Labute approximate surface area is 82.6 Å². The van der Waals surface area contributed by atoms with E-state index in [2.05, 4.69) is 23.5 Å². The summed E-state index contributed by atoms with van der Waals surface area (Å²) < 4.78 is 0. The molecule has 2 atom stereocenters. The van der Waals surface area contributed by atoms with Gasteiger partial charge in [-0.15, -0.1) is 0 Å². The van der Waals surface area contributed by atoms with Crippen LogP contribution in [0.2, 0.25) is 0 Å². The maximum Gasteiger partial charge on any atom is 0.252 e. The van der Waals surface area contributed by atoms with Crippen LogP contribution < -0.4 is 5.32 Å². The third-order valence-electron chi connectivity index (χ3n) is 3.07. The van der Waals surface area contributed by atoms with E-state index in [1.165, 1.54) is 5.56 Å². The minimum atomic E-state index is 0.0633. The number of rotatable bonds is 0. The molecular weight excluding hydrogens is 174 g/mol. The molecule has 0 aromatic heterocycles. The molecule has 1 aliphatic carbocycles. The molecule has 0 saturated heterocycles. The summed E-state index contributed by atoms with van der Waals surface area (Å²) in [5.74, 6) is 0.525. The van der Waals surface area contributed by atoms with Crippen LogP contribution in [0.5, 0.6) is 0 Å². The number of amides is 1.